The van der Waals surface area contributed by atoms with Crippen molar-refractivity contribution in [3.05, 3.63) is 54.6 Å². The minimum atomic E-state index is -0.0892. The number of nitrogens with one attached hydrogen (secondary N) is 2. The number of nitrogens with zero attached hydrogens (tertiary/aromatic N) is 3. The van der Waals surface area contributed by atoms with Gasteiger partial charge in [-0.3, -0.25) is 9.89 Å². The molecule has 0 fully saturated rings. The molecule has 128 valence electrons. The summed E-state index contributed by atoms with van der Waals surface area (Å²) in [4.78, 5) is 18.5. The fourth-order valence-corrected chi connectivity index (χ4v) is 2.80. The number of carbonyl (C=O) groups excluding carboxylic acids is 1. The van der Waals surface area contributed by atoms with E-state index in [2.05, 4.69) is 20.5 Å². The standard InChI is InChI=1S/C18H19N5OS/c1-23(2)15-10-8-14(9-11-15)19-16(24)12-25-18-20-17(21-22-18)13-6-4-3-5-7-13/h3-11H,12H2,1-2H3,(H,19,24)(H,20,21,22). The molecule has 0 atom stereocenters. The molecule has 0 radical (unpaired) electrons. The van der Waals surface area contributed by atoms with Crippen molar-refractivity contribution in [1.82, 2.24) is 15.2 Å². The predicted molar refractivity (Wildman–Crippen MR) is 102 cm³/mol. The third kappa shape index (κ3) is 4.60. The molecular weight excluding hydrogens is 334 g/mol. The summed E-state index contributed by atoms with van der Waals surface area (Å²) >= 11 is 1.30. The van der Waals surface area contributed by atoms with Crippen molar-refractivity contribution in [3.63, 3.8) is 0 Å². The number of anilines is 2. The van der Waals surface area contributed by atoms with E-state index in [0.29, 0.717) is 11.0 Å². The number of amides is 1. The number of benzene rings is 2. The van der Waals surface area contributed by atoms with E-state index >= 15 is 0 Å². The van der Waals surface area contributed by atoms with Crippen LogP contribution in [0.2, 0.25) is 0 Å². The first-order chi connectivity index (χ1) is 12.1. The Hall–Kier alpha value is -2.80. The summed E-state index contributed by atoms with van der Waals surface area (Å²) in [6, 6.07) is 17.5. The van der Waals surface area contributed by atoms with Crippen molar-refractivity contribution in [2.45, 2.75) is 5.16 Å². The van der Waals surface area contributed by atoms with Gasteiger partial charge in [0.1, 0.15) is 0 Å². The van der Waals surface area contributed by atoms with Gasteiger partial charge >= 0.3 is 0 Å². The lowest BCUT2D eigenvalue weighted by atomic mass is 10.2. The molecule has 2 aromatic carbocycles. The van der Waals surface area contributed by atoms with E-state index in [1.807, 2.05) is 73.6 Å². The number of rotatable bonds is 6. The Bertz CT molecular complexity index is 830. The van der Waals surface area contributed by atoms with E-state index in [9.17, 15) is 4.79 Å². The Morgan fingerprint density at radius 2 is 1.84 bits per heavy atom. The molecule has 3 aromatic rings. The smallest absolute Gasteiger partial charge is 0.234 e. The van der Waals surface area contributed by atoms with E-state index in [1.165, 1.54) is 11.8 Å². The molecule has 0 bridgehead atoms. The topological polar surface area (TPSA) is 73.9 Å². The molecule has 0 unspecified atom stereocenters. The normalized spacial score (nSPS) is 10.5. The summed E-state index contributed by atoms with van der Waals surface area (Å²) < 4.78 is 0. The summed E-state index contributed by atoms with van der Waals surface area (Å²) in [5, 5.41) is 10.5. The number of hydrogen-bond donors (Lipinski definition) is 2. The van der Waals surface area contributed by atoms with Crippen molar-refractivity contribution in [3.8, 4) is 11.4 Å². The monoisotopic (exact) mass is 353 g/mol. The second-order valence-electron chi connectivity index (χ2n) is 5.61. The fourth-order valence-electron chi connectivity index (χ4n) is 2.21. The molecule has 1 aromatic heterocycles. The molecule has 1 heterocycles. The number of aromatic nitrogens is 3. The number of hydrogen-bond acceptors (Lipinski definition) is 5. The van der Waals surface area contributed by atoms with Gasteiger partial charge in [-0.25, -0.2) is 4.98 Å². The highest BCUT2D eigenvalue weighted by Crippen LogP contribution is 2.20. The molecule has 0 saturated carbocycles. The third-order valence-electron chi connectivity index (χ3n) is 3.51. The van der Waals surface area contributed by atoms with Crippen LogP contribution in [0.5, 0.6) is 0 Å². The first-order valence-electron chi connectivity index (χ1n) is 7.79. The zero-order chi connectivity index (χ0) is 17.6. The van der Waals surface area contributed by atoms with Gasteiger partial charge in [0.2, 0.25) is 11.1 Å². The predicted octanol–water partition coefficient (Wildman–Crippen LogP) is 3.27. The average molecular weight is 353 g/mol. The van der Waals surface area contributed by atoms with Crippen molar-refractivity contribution in [2.75, 3.05) is 30.1 Å². The van der Waals surface area contributed by atoms with Gasteiger partial charge < -0.3 is 10.2 Å². The van der Waals surface area contributed by atoms with Crippen molar-refractivity contribution in [1.29, 1.82) is 0 Å². The summed E-state index contributed by atoms with van der Waals surface area (Å²) in [5.41, 5.74) is 2.82. The quantitative estimate of drug-likeness (QED) is 0.665. The highest BCUT2D eigenvalue weighted by atomic mass is 32.2. The van der Waals surface area contributed by atoms with Crippen LogP contribution in [0.15, 0.2) is 59.8 Å². The van der Waals surface area contributed by atoms with Gasteiger partial charge in [0.15, 0.2) is 5.82 Å². The van der Waals surface area contributed by atoms with Gasteiger partial charge in [-0.2, -0.15) is 0 Å². The molecule has 25 heavy (non-hydrogen) atoms. The minimum Gasteiger partial charge on any atom is -0.378 e. The Balaban J connectivity index is 1.53. The van der Waals surface area contributed by atoms with Crippen LogP contribution in [0.4, 0.5) is 11.4 Å². The summed E-state index contributed by atoms with van der Waals surface area (Å²) in [7, 11) is 3.95. The maximum absolute atomic E-state index is 12.1. The zero-order valence-corrected chi connectivity index (χ0v) is 14.9. The van der Waals surface area contributed by atoms with Gasteiger partial charge in [-0.05, 0) is 24.3 Å². The van der Waals surface area contributed by atoms with Gasteiger partial charge in [0.05, 0.1) is 5.75 Å². The van der Waals surface area contributed by atoms with Crippen LogP contribution >= 0.6 is 11.8 Å². The molecule has 2 N–H and O–H groups in total. The van der Waals surface area contributed by atoms with Gasteiger partial charge in [0.25, 0.3) is 0 Å². The number of H-pyrrole nitrogens is 1. The number of carbonyl (C=O) groups is 1. The highest BCUT2D eigenvalue weighted by Gasteiger charge is 2.09. The first-order valence-corrected chi connectivity index (χ1v) is 8.78. The second kappa shape index (κ2) is 7.85. The summed E-state index contributed by atoms with van der Waals surface area (Å²) in [6.45, 7) is 0. The zero-order valence-electron chi connectivity index (χ0n) is 14.1. The van der Waals surface area contributed by atoms with Crippen molar-refractivity contribution >= 4 is 29.0 Å². The van der Waals surface area contributed by atoms with E-state index in [1.54, 1.807) is 0 Å². The molecular formula is C18H19N5OS. The van der Waals surface area contributed by atoms with Crippen LogP contribution in [0, 0.1) is 0 Å². The lowest BCUT2D eigenvalue weighted by Crippen LogP contribution is -2.14. The van der Waals surface area contributed by atoms with Crippen LogP contribution in [0.3, 0.4) is 0 Å². The van der Waals surface area contributed by atoms with Gasteiger partial charge in [-0.1, -0.05) is 42.1 Å². The molecule has 0 aliphatic rings. The average Bonchev–Trinajstić information content (AvgIpc) is 3.10. The van der Waals surface area contributed by atoms with Crippen LogP contribution in [0.25, 0.3) is 11.4 Å². The van der Waals surface area contributed by atoms with Crippen molar-refractivity contribution in [2.24, 2.45) is 0 Å². The van der Waals surface area contributed by atoms with E-state index in [0.717, 1.165) is 16.9 Å². The first kappa shape index (κ1) is 17.0. The Morgan fingerprint density at radius 1 is 1.12 bits per heavy atom. The lowest BCUT2D eigenvalue weighted by Gasteiger charge is -2.12. The second-order valence-corrected chi connectivity index (χ2v) is 6.55. The number of thioether (sulfide) groups is 1. The SMILES string of the molecule is CN(C)c1ccc(NC(=O)CSc2n[nH]c(-c3ccccc3)n2)cc1. The van der Waals surface area contributed by atoms with Gasteiger partial charge in [-0.15, -0.1) is 5.10 Å². The fraction of sp³-hybridized carbons (Fsp3) is 0.167. The molecule has 6 nitrogen and oxygen atoms in total. The lowest BCUT2D eigenvalue weighted by molar-refractivity contribution is -0.113. The van der Waals surface area contributed by atoms with Crippen LogP contribution in [-0.2, 0) is 4.79 Å². The molecule has 0 saturated heterocycles. The summed E-state index contributed by atoms with van der Waals surface area (Å²) in [6.07, 6.45) is 0. The Kier molecular flexibility index (Phi) is 5.35. The van der Waals surface area contributed by atoms with Crippen molar-refractivity contribution < 1.29 is 4.79 Å². The molecule has 0 aliphatic heterocycles. The molecule has 0 aliphatic carbocycles. The largest absolute Gasteiger partial charge is 0.378 e. The maximum Gasteiger partial charge on any atom is 0.234 e. The third-order valence-corrected chi connectivity index (χ3v) is 4.36. The Morgan fingerprint density at radius 3 is 2.52 bits per heavy atom. The molecule has 1 amide bonds. The van der Waals surface area contributed by atoms with Crippen LogP contribution in [0.1, 0.15) is 0 Å². The van der Waals surface area contributed by atoms with E-state index < -0.39 is 0 Å². The Labute approximate surface area is 150 Å². The van der Waals surface area contributed by atoms with Gasteiger partial charge in [0, 0.05) is 31.0 Å². The number of aromatic amines is 1. The van der Waals surface area contributed by atoms with Crippen LogP contribution in [-0.4, -0.2) is 40.9 Å². The minimum absolute atomic E-state index is 0.0892. The van der Waals surface area contributed by atoms with Crippen LogP contribution < -0.4 is 10.2 Å². The van der Waals surface area contributed by atoms with E-state index in [4.69, 9.17) is 0 Å². The maximum atomic E-state index is 12.1. The molecule has 3 rings (SSSR count). The molecule has 0 spiro atoms. The molecule has 7 heteroatoms. The summed E-state index contributed by atoms with van der Waals surface area (Å²) in [5.74, 6) is 0.859. The highest BCUT2D eigenvalue weighted by molar-refractivity contribution is 7.99. The van der Waals surface area contributed by atoms with E-state index in [-0.39, 0.29) is 11.7 Å².